The van der Waals surface area contributed by atoms with Crippen LogP contribution in [0.4, 0.5) is 24.7 Å². The molecule has 0 aliphatic heterocycles. The number of nitrogen functional groups attached to an aromatic ring is 1. The summed E-state index contributed by atoms with van der Waals surface area (Å²) in [6, 6.07) is 8.75. The largest absolute Gasteiger partial charge is 0.416 e. The van der Waals surface area contributed by atoms with Crippen molar-refractivity contribution in [2.75, 3.05) is 11.1 Å². The van der Waals surface area contributed by atoms with E-state index in [1.165, 1.54) is 18.3 Å². The molecule has 1 aromatic heterocycles. The van der Waals surface area contributed by atoms with E-state index in [1.807, 2.05) is 0 Å². The number of hydrogen-bond acceptors (Lipinski definition) is 3. The van der Waals surface area contributed by atoms with Crippen molar-refractivity contribution < 1.29 is 13.2 Å². The van der Waals surface area contributed by atoms with Crippen molar-refractivity contribution in [3.63, 3.8) is 0 Å². The molecule has 3 nitrogen and oxygen atoms in total. The van der Waals surface area contributed by atoms with Crippen LogP contribution in [0.1, 0.15) is 11.1 Å². The summed E-state index contributed by atoms with van der Waals surface area (Å²) in [5.41, 5.74) is 5.64. The first-order chi connectivity index (χ1) is 8.98. The number of alkyl halides is 3. The molecular formula is C13H12F3N3. The number of aromatic nitrogens is 1. The Balaban J connectivity index is 2.19. The number of halogens is 3. The fraction of sp³-hybridized carbons (Fsp3) is 0.154. The summed E-state index contributed by atoms with van der Waals surface area (Å²) in [5.74, 6) is 0.256. The molecule has 0 saturated carbocycles. The number of rotatable bonds is 3. The minimum Gasteiger partial charge on any atom is -0.382 e. The Morgan fingerprint density at radius 3 is 2.53 bits per heavy atom. The van der Waals surface area contributed by atoms with Crippen LogP contribution in [0, 0.1) is 0 Å². The highest BCUT2D eigenvalue weighted by Crippen LogP contribution is 2.32. The SMILES string of the molecule is Nc1ncccc1NCc1ccccc1C(F)(F)F. The lowest BCUT2D eigenvalue weighted by Crippen LogP contribution is -2.12. The fourth-order valence-electron chi connectivity index (χ4n) is 1.71. The smallest absolute Gasteiger partial charge is 0.382 e. The molecule has 3 N–H and O–H groups in total. The molecule has 0 fully saturated rings. The van der Waals surface area contributed by atoms with Crippen LogP contribution in [-0.2, 0) is 12.7 Å². The maximum Gasteiger partial charge on any atom is 0.416 e. The molecule has 1 aromatic carbocycles. The van der Waals surface area contributed by atoms with Gasteiger partial charge in [-0.15, -0.1) is 0 Å². The van der Waals surface area contributed by atoms with Crippen molar-refractivity contribution in [3.05, 3.63) is 53.7 Å². The van der Waals surface area contributed by atoms with Crippen LogP contribution in [0.25, 0.3) is 0 Å². The third kappa shape index (κ3) is 3.15. The quantitative estimate of drug-likeness (QED) is 0.897. The lowest BCUT2D eigenvalue weighted by atomic mass is 10.1. The van der Waals surface area contributed by atoms with Crippen LogP contribution in [0.5, 0.6) is 0 Å². The van der Waals surface area contributed by atoms with E-state index in [9.17, 15) is 13.2 Å². The highest BCUT2D eigenvalue weighted by Gasteiger charge is 2.32. The van der Waals surface area contributed by atoms with Crippen LogP contribution < -0.4 is 11.1 Å². The lowest BCUT2D eigenvalue weighted by Gasteiger charge is -2.14. The number of pyridine rings is 1. The normalized spacial score (nSPS) is 11.3. The van der Waals surface area contributed by atoms with E-state index in [1.54, 1.807) is 18.2 Å². The summed E-state index contributed by atoms with van der Waals surface area (Å²) in [6.07, 6.45) is -2.84. The van der Waals surface area contributed by atoms with E-state index in [0.29, 0.717) is 5.69 Å². The molecule has 2 aromatic rings. The van der Waals surface area contributed by atoms with E-state index in [2.05, 4.69) is 10.3 Å². The average molecular weight is 267 g/mol. The molecule has 100 valence electrons. The van der Waals surface area contributed by atoms with Gasteiger partial charge in [0.15, 0.2) is 0 Å². The van der Waals surface area contributed by atoms with Crippen LogP contribution in [0.15, 0.2) is 42.6 Å². The lowest BCUT2D eigenvalue weighted by molar-refractivity contribution is -0.138. The van der Waals surface area contributed by atoms with Crippen LogP contribution in [0.2, 0.25) is 0 Å². The molecule has 0 amide bonds. The Morgan fingerprint density at radius 2 is 1.84 bits per heavy atom. The standard InChI is InChI=1S/C13H12F3N3/c14-13(15,16)10-5-2-1-4-9(10)8-19-11-6-3-7-18-12(11)17/h1-7,19H,8H2,(H2,17,18). The van der Waals surface area contributed by atoms with Gasteiger partial charge in [0.2, 0.25) is 0 Å². The Hall–Kier alpha value is -2.24. The maximum absolute atomic E-state index is 12.8. The van der Waals surface area contributed by atoms with Gasteiger partial charge in [-0.05, 0) is 23.8 Å². The number of nitrogens with zero attached hydrogens (tertiary/aromatic N) is 1. The second kappa shape index (κ2) is 5.17. The molecule has 2 rings (SSSR count). The molecule has 19 heavy (non-hydrogen) atoms. The summed E-state index contributed by atoms with van der Waals surface area (Å²) in [7, 11) is 0. The van der Waals surface area contributed by atoms with Gasteiger partial charge in [0.05, 0.1) is 11.3 Å². The molecular weight excluding hydrogens is 255 g/mol. The van der Waals surface area contributed by atoms with Crippen LogP contribution in [-0.4, -0.2) is 4.98 Å². The Bertz CT molecular complexity index is 567. The average Bonchev–Trinajstić information content (AvgIpc) is 2.37. The van der Waals surface area contributed by atoms with Crippen LogP contribution in [0.3, 0.4) is 0 Å². The van der Waals surface area contributed by atoms with E-state index in [-0.39, 0.29) is 17.9 Å². The van der Waals surface area contributed by atoms with Crippen molar-refractivity contribution in [2.24, 2.45) is 0 Å². The zero-order valence-corrected chi connectivity index (χ0v) is 9.91. The minimum atomic E-state index is -4.36. The molecule has 0 spiro atoms. The molecule has 0 saturated heterocycles. The third-order valence-electron chi connectivity index (χ3n) is 2.63. The van der Waals surface area contributed by atoms with Gasteiger partial charge in [-0.3, -0.25) is 0 Å². The molecule has 0 radical (unpaired) electrons. The molecule has 0 aliphatic carbocycles. The number of benzene rings is 1. The zero-order chi connectivity index (χ0) is 13.9. The van der Waals surface area contributed by atoms with Gasteiger partial charge in [0.1, 0.15) is 5.82 Å². The second-order valence-corrected chi connectivity index (χ2v) is 3.94. The first kappa shape index (κ1) is 13.2. The van der Waals surface area contributed by atoms with E-state index in [4.69, 9.17) is 5.73 Å². The first-order valence-corrected chi connectivity index (χ1v) is 5.58. The first-order valence-electron chi connectivity index (χ1n) is 5.58. The summed E-state index contributed by atoms with van der Waals surface area (Å²) >= 11 is 0. The molecule has 0 bridgehead atoms. The van der Waals surface area contributed by atoms with Gasteiger partial charge < -0.3 is 11.1 Å². The topological polar surface area (TPSA) is 50.9 Å². The Labute approximate surface area is 108 Å². The van der Waals surface area contributed by atoms with Gasteiger partial charge in [-0.25, -0.2) is 4.98 Å². The monoisotopic (exact) mass is 267 g/mol. The van der Waals surface area contributed by atoms with Crippen molar-refractivity contribution in [3.8, 4) is 0 Å². The van der Waals surface area contributed by atoms with Crippen molar-refractivity contribution in [2.45, 2.75) is 12.7 Å². The summed E-state index contributed by atoms with van der Waals surface area (Å²) in [4.78, 5) is 3.86. The van der Waals surface area contributed by atoms with Crippen molar-refractivity contribution >= 4 is 11.5 Å². The minimum absolute atomic E-state index is 0.0333. The van der Waals surface area contributed by atoms with Crippen molar-refractivity contribution in [1.82, 2.24) is 4.98 Å². The zero-order valence-electron chi connectivity index (χ0n) is 9.91. The third-order valence-corrected chi connectivity index (χ3v) is 2.63. The molecule has 0 aliphatic rings. The van der Waals surface area contributed by atoms with Crippen LogP contribution >= 0.6 is 0 Å². The summed E-state index contributed by atoms with van der Waals surface area (Å²) in [5, 5.41) is 2.85. The number of nitrogens with one attached hydrogen (secondary N) is 1. The molecule has 0 unspecified atom stereocenters. The predicted octanol–water partition coefficient (Wildman–Crippen LogP) is 3.29. The van der Waals surface area contributed by atoms with Gasteiger partial charge in [-0.2, -0.15) is 13.2 Å². The molecule has 1 heterocycles. The second-order valence-electron chi connectivity index (χ2n) is 3.94. The highest BCUT2D eigenvalue weighted by molar-refractivity contribution is 5.61. The van der Waals surface area contributed by atoms with E-state index < -0.39 is 11.7 Å². The van der Waals surface area contributed by atoms with Gasteiger partial charge in [0, 0.05) is 12.7 Å². The van der Waals surface area contributed by atoms with Gasteiger partial charge in [0.25, 0.3) is 0 Å². The van der Waals surface area contributed by atoms with Gasteiger partial charge in [-0.1, -0.05) is 18.2 Å². The molecule has 6 heteroatoms. The molecule has 0 atom stereocenters. The number of anilines is 2. The number of nitrogens with two attached hydrogens (primary N) is 1. The maximum atomic E-state index is 12.8. The van der Waals surface area contributed by atoms with E-state index >= 15 is 0 Å². The number of hydrogen-bond donors (Lipinski definition) is 2. The summed E-state index contributed by atoms with van der Waals surface area (Å²) in [6.45, 7) is 0.0333. The van der Waals surface area contributed by atoms with Crippen molar-refractivity contribution in [1.29, 1.82) is 0 Å². The van der Waals surface area contributed by atoms with Gasteiger partial charge >= 0.3 is 6.18 Å². The predicted molar refractivity (Wildman–Crippen MR) is 67.4 cm³/mol. The van der Waals surface area contributed by atoms with E-state index in [0.717, 1.165) is 6.07 Å². The summed E-state index contributed by atoms with van der Waals surface area (Å²) < 4.78 is 38.4. The highest BCUT2D eigenvalue weighted by atomic mass is 19.4. The Morgan fingerprint density at radius 1 is 1.11 bits per heavy atom. The fourth-order valence-corrected chi connectivity index (χ4v) is 1.71. The Kier molecular flexibility index (Phi) is 3.59.